The third-order valence-electron chi connectivity index (χ3n) is 7.06. The van der Waals surface area contributed by atoms with Crippen LogP contribution >= 0.6 is 11.6 Å². The first-order valence-corrected chi connectivity index (χ1v) is 14.5. The van der Waals surface area contributed by atoms with Gasteiger partial charge in [0.05, 0.1) is 28.8 Å². The smallest absolute Gasteiger partial charge is 0.338 e. The van der Waals surface area contributed by atoms with Gasteiger partial charge in [-0.15, -0.1) is 5.10 Å². The number of esters is 1. The quantitative estimate of drug-likeness (QED) is 0.227. The fourth-order valence-electron chi connectivity index (χ4n) is 5.15. The molecule has 0 fully saturated rings. The first-order chi connectivity index (χ1) is 21.2. The summed E-state index contributed by atoms with van der Waals surface area (Å²) in [6.07, 6.45) is 5.97. The zero-order valence-electron chi connectivity index (χ0n) is 25.5. The number of fused-ring (bicyclic) bond motifs is 1. The van der Waals surface area contributed by atoms with Crippen LogP contribution in [-0.2, 0) is 19.7 Å². The Morgan fingerprint density at radius 1 is 1.11 bits per heavy atom. The number of hydrogen-bond donors (Lipinski definition) is 2. The number of rotatable bonds is 6. The van der Waals surface area contributed by atoms with E-state index in [1.54, 1.807) is 81.6 Å². The molecule has 1 atom stereocenters. The third kappa shape index (κ3) is 7.01. The molecule has 0 spiro atoms. The summed E-state index contributed by atoms with van der Waals surface area (Å²) in [6.45, 7) is 9.47. The van der Waals surface area contributed by atoms with Gasteiger partial charge in [-0.05, 0) is 85.8 Å². The SMILES string of the molecule is CC(C)(C)OC(=O)c1ccc(NC(=O)C2c3cc(N)cnc3C(C)(C)CN2C(=O)/C=C/c2cc(Cl)ccc2-n2cnnn2)cc1. The van der Waals surface area contributed by atoms with Crippen LogP contribution in [0.1, 0.15) is 67.8 Å². The predicted molar refractivity (Wildman–Crippen MR) is 170 cm³/mol. The van der Waals surface area contributed by atoms with E-state index in [1.807, 2.05) is 13.8 Å². The summed E-state index contributed by atoms with van der Waals surface area (Å²) in [5, 5.41) is 14.7. The van der Waals surface area contributed by atoms with Crippen LogP contribution in [0.5, 0.6) is 0 Å². The Bertz CT molecular complexity index is 1780. The number of hydrogen-bond acceptors (Lipinski definition) is 9. The number of anilines is 2. The first kappa shape index (κ1) is 31.3. The van der Waals surface area contributed by atoms with Gasteiger partial charge in [0.2, 0.25) is 5.91 Å². The fourth-order valence-corrected chi connectivity index (χ4v) is 5.33. The summed E-state index contributed by atoms with van der Waals surface area (Å²) >= 11 is 6.26. The molecular weight excluding hydrogens is 596 g/mol. The zero-order valence-corrected chi connectivity index (χ0v) is 26.2. The standard InChI is InChI=1S/C32H33ClN8O4/c1-31(2,3)45-30(44)19-6-10-23(11-7-19)37-29(43)27-24-15-22(34)16-35-28(24)32(4,5)17-40(27)26(42)13-8-20-14-21(33)9-12-25(20)41-18-36-38-39-41/h6-16,18,27H,17,34H2,1-5H3,(H,37,43)/b13-8+. The number of ether oxygens (including phenoxy) is 1. The maximum absolute atomic E-state index is 14.0. The molecule has 1 unspecified atom stereocenters. The molecule has 0 saturated heterocycles. The monoisotopic (exact) mass is 628 g/mol. The molecule has 12 nitrogen and oxygen atoms in total. The highest BCUT2D eigenvalue weighted by atomic mass is 35.5. The van der Waals surface area contributed by atoms with E-state index in [0.29, 0.717) is 44.5 Å². The van der Waals surface area contributed by atoms with Crippen molar-refractivity contribution in [1.82, 2.24) is 30.1 Å². The number of halogens is 1. The number of aromatic nitrogens is 5. The van der Waals surface area contributed by atoms with Crippen LogP contribution in [0.15, 0.2) is 67.1 Å². The second-order valence-electron chi connectivity index (χ2n) is 12.3. The number of benzene rings is 2. The number of nitrogens with one attached hydrogen (secondary N) is 1. The summed E-state index contributed by atoms with van der Waals surface area (Å²) < 4.78 is 6.88. The summed E-state index contributed by atoms with van der Waals surface area (Å²) in [5.74, 6) is -1.36. The number of tetrazole rings is 1. The summed E-state index contributed by atoms with van der Waals surface area (Å²) in [5.41, 5.74) is 8.41. The van der Waals surface area contributed by atoms with Gasteiger partial charge in [0, 0.05) is 39.9 Å². The number of nitrogens with two attached hydrogens (primary N) is 1. The lowest BCUT2D eigenvalue weighted by molar-refractivity contribution is -0.136. The molecule has 45 heavy (non-hydrogen) atoms. The van der Waals surface area contributed by atoms with Gasteiger partial charge in [0.1, 0.15) is 18.0 Å². The van der Waals surface area contributed by atoms with E-state index < -0.39 is 34.8 Å². The minimum absolute atomic E-state index is 0.200. The van der Waals surface area contributed by atoms with Crippen molar-refractivity contribution in [2.75, 3.05) is 17.6 Å². The number of nitrogens with zero attached hydrogens (tertiary/aromatic N) is 6. The molecule has 3 N–H and O–H groups in total. The van der Waals surface area contributed by atoms with Gasteiger partial charge in [0.15, 0.2) is 0 Å². The molecule has 13 heteroatoms. The largest absolute Gasteiger partial charge is 0.456 e. The van der Waals surface area contributed by atoms with Crippen LogP contribution in [0, 0.1) is 0 Å². The Hall–Kier alpha value is -5.10. The van der Waals surface area contributed by atoms with Gasteiger partial charge in [-0.1, -0.05) is 25.4 Å². The van der Waals surface area contributed by atoms with Crippen molar-refractivity contribution in [2.24, 2.45) is 0 Å². The van der Waals surface area contributed by atoms with Crippen molar-refractivity contribution in [3.8, 4) is 5.69 Å². The number of pyridine rings is 1. The Kier molecular flexibility index (Phi) is 8.44. The molecule has 3 heterocycles. The Morgan fingerprint density at radius 2 is 1.84 bits per heavy atom. The minimum atomic E-state index is -1.05. The van der Waals surface area contributed by atoms with Crippen molar-refractivity contribution >= 4 is 46.8 Å². The van der Waals surface area contributed by atoms with E-state index in [2.05, 4.69) is 25.8 Å². The van der Waals surface area contributed by atoms with Crippen LogP contribution < -0.4 is 11.1 Å². The average Bonchev–Trinajstić information content (AvgIpc) is 3.49. The maximum atomic E-state index is 14.0. The van der Waals surface area contributed by atoms with Crippen LogP contribution in [0.25, 0.3) is 11.8 Å². The molecule has 0 saturated carbocycles. The van der Waals surface area contributed by atoms with Gasteiger partial charge in [-0.2, -0.15) is 4.68 Å². The van der Waals surface area contributed by atoms with E-state index in [1.165, 1.54) is 22.0 Å². The normalized spacial score (nSPS) is 15.9. The van der Waals surface area contributed by atoms with Crippen molar-refractivity contribution < 1.29 is 19.1 Å². The van der Waals surface area contributed by atoms with Crippen LogP contribution in [0.3, 0.4) is 0 Å². The van der Waals surface area contributed by atoms with Crippen LogP contribution in [0.2, 0.25) is 5.02 Å². The number of amides is 2. The molecule has 0 radical (unpaired) electrons. The summed E-state index contributed by atoms with van der Waals surface area (Å²) in [4.78, 5) is 46.4. The first-order valence-electron chi connectivity index (χ1n) is 14.1. The summed E-state index contributed by atoms with van der Waals surface area (Å²) in [7, 11) is 0. The van der Waals surface area contributed by atoms with E-state index >= 15 is 0 Å². The molecule has 4 aromatic rings. The number of nitrogen functional groups attached to an aromatic ring is 1. The molecule has 232 valence electrons. The van der Waals surface area contributed by atoms with Gasteiger partial charge >= 0.3 is 5.97 Å². The lowest BCUT2D eigenvalue weighted by Gasteiger charge is -2.43. The molecule has 5 rings (SSSR count). The van der Waals surface area contributed by atoms with Crippen molar-refractivity contribution in [3.63, 3.8) is 0 Å². The lowest BCUT2D eigenvalue weighted by Crippen LogP contribution is -2.51. The zero-order chi connectivity index (χ0) is 32.5. The number of carbonyl (C=O) groups excluding carboxylic acids is 3. The molecule has 2 amide bonds. The Balaban J connectivity index is 1.47. The fraction of sp³-hybridized carbons (Fsp3) is 0.281. The minimum Gasteiger partial charge on any atom is -0.456 e. The topological polar surface area (TPSA) is 158 Å². The third-order valence-corrected chi connectivity index (χ3v) is 7.30. The van der Waals surface area contributed by atoms with Gasteiger partial charge < -0.3 is 20.7 Å². The molecular formula is C32H33ClN8O4. The van der Waals surface area contributed by atoms with E-state index in [0.717, 1.165) is 0 Å². The van der Waals surface area contributed by atoms with E-state index in [4.69, 9.17) is 22.1 Å². The van der Waals surface area contributed by atoms with Crippen molar-refractivity contribution in [3.05, 3.63) is 94.5 Å². The second kappa shape index (κ2) is 12.1. The molecule has 0 aliphatic carbocycles. The molecule has 2 aromatic carbocycles. The average molecular weight is 629 g/mol. The van der Waals surface area contributed by atoms with Crippen LogP contribution in [-0.4, -0.2) is 60.0 Å². The highest BCUT2D eigenvalue weighted by Gasteiger charge is 2.44. The van der Waals surface area contributed by atoms with Crippen molar-refractivity contribution in [1.29, 1.82) is 0 Å². The highest BCUT2D eigenvalue weighted by molar-refractivity contribution is 6.30. The van der Waals surface area contributed by atoms with Gasteiger partial charge in [0.25, 0.3) is 5.91 Å². The van der Waals surface area contributed by atoms with Crippen LogP contribution in [0.4, 0.5) is 11.4 Å². The van der Waals surface area contributed by atoms with Gasteiger partial charge in [-0.25, -0.2) is 4.79 Å². The van der Waals surface area contributed by atoms with E-state index in [9.17, 15) is 14.4 Å². The maximum Gasteiger partial charge on any atom is 0.338 e. The summed E-state index contributed by atoms with van der Waals surface area (Å²) in [6, 6.07) is 12.1. The highest BCUT2D eigenvalue weighted by Crippen LogP contribution is 2.40. The van der Waals surface area contributed by atoms with Gasteiger partial charge in [-0.3, -0.25) is 14.6 Å². The molecule has 1 aliphatic heterocycles. The van der Waals surface area contributed by atoms with Crippen molar-refractivity contribution in [2.45, 2.75) is 51.7 Å². The molecule has 1 aliphatic rings. The number of carbonyl (C=O) groups is 3. The second-order valence-corrected chi connectivity index (χ2v) is 12.8. The Labute approximate surface area is 265 Å². The lowest BCUT2D eigenvalue weighted by atomic mass is 9.78. The molecule has 0 bridgehead atoms. The van der Waals surface area contributed by atoms with E-state index in [-0.39, 0.29) is 6.54 Å². The Morgan fingerprint density at radius 3 is 2.51 bits per heavy atom. The molecule has 2 aromatic heterocycles. The predicted octanol–water partition coefficient (Wildman–Crippen LogP) is 4.76.